The van der Waals surface area contributed by atoms with E-state index in [2.05, 4.69) is 4.98 Å². The molecule has 0 amide bonds. The standard InChI is InChI=1S/C12H18N2O2S2/c1-16-10(15)12(13)5-2-3-9(12)4-7-17-11-14-6-8-18-11/h6,8-9H,2-5,7,13H2,1H3. The number of thiazole rings is 1. The van der Waals surface area contributed by atoms with E-state index in [1.165, 1.54) is 7.11 Å². The van der Waals surface area contributed by atoms with E-state index in [1.54, 1.807) is 23.1 Å². The molecule has 1 heterocycles. The largest absolute Gasteiger partial charge is 0.468 e. The smallest absolute Gasteiger partial charge is 0.326 e. The lowest BCUT2D eigenvalue weighted by Crippen LogP contribution is -2.51. The zero-order valence-electron chi connectivity index (χ0n) is 10.4. The summed E-state index contributed by atoms with van der Waals surface area (Å²) in [6.07, 6.45) is 5.52. The van der Waals surface area contributed by atoms with Crippen molar-refractivity contribution < 1.29 is 9.53 Å². The number of nitrogens with zero attached hydrogens (tertiary/aromatic N) is 1. The average Bonchev–Trinajstić information content (AvgIpc) is 3.00. The van der Waals surface area contributed by atoms with Crippen molar-refractivity contribution in [1.82, 2.24) is 4.98 Å². The van der Waals surface area contributed by atoms with Gasteiger partial charge in [-0.05, 0) is 25.2 Å². The van der Waals surface area contributed by atoms with Gasteiger partial charge in [0.15, 0.2) is 0 Å². The van der Waals surface area contributed by atoms with Gasteiger partial charge in [-0.2, -0.15) is 0 Å². The van der Waals surface area contributed by atoms with Crippen LogP contribution >= 0.6 is 23.1 Å². The van der Waals surface area contributed by atoms with Crippen LogP contribution in [0.1, 0.15) is 25.7 Å². The Kier molecular flexibility index (Phi) is 4.64. The molecular formula is C12H18N2O2S2. The molecule has 1 aromatic rings. The van der Waals surface area contributed by atoms with Crippen LogP contribution in [0.3, 0.4) is 0 Å². The second-order valence-corrected chi connectivity index (χ2v) is 6.79. The monoisotopic (exact) mass is 286 g/mol. The van der Waals surface area contributed by atoms with Crippen LogP contribution < -0.4 is 5.73 Å². The molecule has 1 aliphatic rings. The molecule has 0 radical (unpaired) electrons. The Balaban J connectivity index is 1.86. The van der Waals surface area contributed by atoms with Gasteiger partial charge in [-0.25, -0.2) is 4.98 Å². The fourth-order valence-corrected chi connectivity index (χ4v) is 4.29. The van der Waals surface area contributed by atoms with E-state index in [-0.39, 0.29) is 11.9 Å². The maximum absolute atomic E-state index is 11.8. The van der Waals surface area contributed by atoms with Crippen molar-refractivity contribution in [1.29, 1.82) is 0 Å². The average molecular weight is 286 g/mol. The second kappa shape index (κ2) is 6.04. The predicted octanol–water partition coefficient (Wildman–Crippen LogP) is 2.30. The number of nitrogens with two attached hydrogens (primary N) is 1. The van der Waals surface area contributed by atoms with Crippen molar-refractivity contribution in [2.75, 3.05) is 12.9 Å². The minimum absolute atomic E-state index is 0.234. The highest BCUT2D eigenvalue weighted by Gasteiger charge is 2.46. The van der Waals surface area contributed by atoms with E-state index < -0.39 is 5.54 Å². The second-order valence-electron chi connectivity index (χ2n) is 4.56. The molecule has 6 heteroatoms. The van der Waals surface area contributed by atoms with Crippen molar-refractivity contribution in [2.24, 2.45) is 11.7 Å². The quantitative estimate of drug-likeness (QED) is 0.664. The summed E-state index contributed by atoms with van der Waals surface area (Å²) in [4.78, 5) is 16.0. The van der Waals surface area contributed by atoms with E-state index in [1.807, 2.05) is 11.6 Å². The van der Waals surface area contributed by atoms with Crippen molar-refractivity contribution in [3.05, 3.63) is 11.6 Å². The predicted molar refractivity (Wildman–Crippen MR) is 73.7 cm³/mol. The number of hydrogen-bond acceptors (Lipinski definition) is 6. The van der Waals surface area contributed by atoms with Gasteiger partial charge in [-0.3, -0.25) is 4.79 Å². The zero-order valence-corrected chi connectivity index (χ0v) is 12.1. The molecule has 1 saturated carbocycles. The fourth-order valence-electron chi connectivity index (χ4n) is 2.53. The highest BCUT2D eigenvalue weighted by Crippen LogP contribution is 2.38. The number of aromatic nitrogens is 1. The van der Waals surface area contributed by atoms with Gasteiger partial charge in [0.1, 0.15) is 9.88 Å². The van der Waals surface area contributed by atoms with E-state index in [9.17, 15) is 4.79 Å². The fraction of sp³-hybridized carbons (Fsp3) is 0.667. The van der Waals surface area contributed by atoms with E-state index in [4.69, 9.17) is 10.5 Å². The van der Waals surface area contributed by atoms with Crippen LogP contribution in [0.15, 0.2) is 15.9 Å². The van der Waals surface area contributed by atoms with Crippen molar-refractivity contribution in [2.45, 2.75) is 35.6 Å². The molecule has 18 heavy (non-hydrogen) atoms. The summed E-state index contributed by atoms with van der Waals surface area (Å²) < 4.78 is 5.92. The van der Waals surface area contributed by atoms with Gasteiger partial charge < -0.3 is 10.5 Å². The van der Waals surface area contributed by atoms with Crippen LogP contribution in [0.4, 0.5) is 0 Å². The van der Waals surface area contributed by atoms with Gasteiger partial charge in [0.2, 0.25) is 0 Å². The molecule has 1 aliphatic carbocycles. The van der Waals surface area contributed by atoms with E-state index in [0.717, 1.165) is 35.8 Å². The van der Waals surface area contributed by atoms with Crippen LogP contribution in [0.5, 0.6) is 0 Å². The first-order valence-electron chi connectivity index (χ1n) is 6.06. The number of ether oxygens (including phenoxy) is 1. The lowest BCUT2D eigenvalue weighted by atomic mass is 9.86. The topological polar surface area (TPSA) is 65.2 Å². The number of hydrogen-bond donors (Lipinski definition) is 1. The van der Waals surface area contributed by atoms with Gasteiger partial charge >= 0.3 is 5.97 Å². The molecule has 2 rings (SSSR count). The summed E-state index contributed by atoms with van der Waals surface area (Å²) >= 11 is 3.38. The molecule has 0 saturated heterocycles. The number of rotatable bonds is 5. The summed E-state index contributed by atoms with van der Waals surface area (Å²) in [6, 6.07) is 0. The Hall–Kier alpha value is -0.590. The molecule has 1 aromatic heterocycles. The van der Waals surface area contributed by atoms with Crippen molar-refractivity contribution in [3.63, 3.8) is 0 Å². The molecule has 1 fully saturated rings. The van der Waals surface area contributed by atoms with E-state index in [0.29, 0.717) is 0 Å². The van der Waals surface area contributed by atoms with Crippen LogP contribution in [-0.4, -0.2) is 29.4 Å². The number of carbonyl (C=O) groups is 1. The van der Waals surface area contributed by atoms with Gasteiger partial charge in [-0.1, -0.05) is 18.2 Å². The molecule has 4 nitrogen and oxygen atoms in total. The zero-order chi connectivity index (χ0) is 13.0. The molecule has 0 spiro atoms. The number of thioether (sulfide) groups is 1. The summed E-state index contributed by atoms with van der Waals surface area (Å²) in [7, 11) is 1.41. The Morgan fingerprint density at radius 2 is 2.61 bits per heavy atom. The lowest BCUT2D eigenvalue weighted by molar-refractivity contribution is -0.148. The lowest BCUT2D eigenvalue weighted by Gasteiger charge is -2.28. The first-order chi connectivity index (χ1) is 8.66. The highest BCUT2D eigenvalue weighted by atomic mass is 32.2. The summed E-state index contributed by atoms with van der Waals surface area (Å²) in [5, 5.41) is 1.97. The Bertz CT molecular complexity index is 397. The number of esters is 1. The van der Waals surface area contributed by atoms with Crippen LogP contribution in [0.2, 0.25) is 0 Å². The number of methoxy groups -OCH3 is 1. The van der Waals surface area contributed by atoms with Gasteiger partial charge in [0.05, 0.1) is 7.11 Å². The normalized spacial score (nSPS) is 27.3. The minimum Gasteiger partial charge on any atom is -0.468 e. The van der Waals surface area contributed by atoms with Crippen LogP contribution in [0, 0.1) is 5.92 Å². The van der Waals surface area contributed by atoms with Gasteiger partial charge in [0, 0.05) is 17.3 Å². The van der Waals surface area contributed by atoms with Gasteiger partial charge in [-0.15, -0.1) is 11.3 Å². The molecule has 0 bridgehead atoms. The summed E-state index contributed by atoms with van der Waals surface area (Å²) in [5.74, 6) is 0.926. The number of carbonyl (C=O) groups excluding carboxylic acids is 1. The molecule has 100 valence electrons. The molecule has 0 aliphatic heterocycles. The van der Waals surface area contributed by atoms with E-state index >= 15 is 0 Å². The molecule has 0 aromatic carbocycles. The summed E-state index contributed by atoms with van der Waals surface area (Å²) in [6.45, 7) is 0. The van der Waals surface area contributed by atoms with Crippen molar-refractivity contribution in [3.8, 4) is 0 Å². The van der Waals surface area contributed by atoms with Crippen molar-refractivity contribution >= 4 is 29.1 Å². The Labute approximate surface area is 115 Å². The maximum Gasteiger partial charge on any atom is 0.326 e. The van der Waals surface area contributed by atoms with Gasteiger partial charge in [0.25, 0.3) is 0 Å². The first-order valence-corrected chi connectivity index (χ1v) is 7.93. The maximum atomic E-state index is 11.8. The SMILES string of the molecule is COC(=O)C1(N)CCCC1CCSc1nccs1. The molecule has 2 unspecified atom stereocenters. The summed E-state index contributed by atoms with van der Waals surface area (Å²) in [5.41, 5.74) is 5.45. The molecule has 2 atom stereocenters. The third-order valence-corrected chi connectivity index (χ3v) is 5.54. The molecular weight excluding hydrogens is 268 g/mol. The third-order valence-electron chi connectivity index (χ3n) is 3.54. The Morgan fingerprint density at radius 1 is 1.78 bits per heavy atom. The van der Waals surface area contributed by atoms with Crippen LogP contribution in [-0.2, 0) is 9.53 Å². The third kappa shape index (κ3) is 2.87. The first kappa shape index (κ1) is 13.8. The minimum atomic E-state index is -0.766. The molecule has 2 N–H and O–H groups in total. The Morgan fingerprint density at radius 3 is 3.28 bits per heavy atom. The van der Waals surface area contributed by atoms with Crippen LogP contribution in [0.25, 0.3) is 0 Å². The highest BCUT2D eigenvalue weighted by molar-refractivity contribution is 8.00.